The van der Waals surface area contributed by atoms with Crippen LogP contribution in [0.25, 0.3) is 0 Å². The van der Waals surface area contributed by atoms with Crippen LogP contribution in [0, 0.1) is 0 Å². The molecule has 0 aromatic carbocycles. The first-order valence-electron chi connectivity index (χ1n) is 3.23. The molecule has 0 unspecified atom stereocenters. The summed E-state index contributed by atoms with van der Waals surface area (Å²) in [7, 11) is 0.801. The summed E-state index contributed by atoms with van der Waals surface area (Å²) in [6, 6.07) is 0. The van der Waals surface area contributed by atoms with Crippen LogP contribution in [0.1, 0.15) is 25.7 Å². The maximum absolute atomic E-state index is 2.38. The van der Waals surface area contributed by atoms with E-state index >= 15 is 0 Å². The normalized spacial score (nSPS) is 23.6. The third kappa shape index (κ3) is 1.30. The molecule has 1 fully saturated rings. The number of hydrogen-bond acceptors (Lipinski definition) is 0. The lowest BCUT2D eigenvalue weighted by Gasteiger charge is -1.98. The Kier molecular flexibility index (Phi) is 1.92. The lowest BCUT2D eigenvalue weighted by Crippen LogP contribution is -1.90. The van der Waals surface area contributed by atoms with Gasteiger partial charge >= 0.3 is 0 Å². The van der Waals surface area contributed by atoms with Crippen molar-refractivity contribution >= 4 is 9.52 Å². The molecule has 0 aromatic heterocycles. The quantitative estimate of drug-likeness (QED) is 0.455. The van der Waals surface area contributed by atoms with Crippen molar-refractivity contribution in [1.82, 2.24) is 0 Å². The van der Waals surface area contributed by atoms with Crippen molar-refractivity contribution in [3.63, 3.8) is 0 Å². The topological polar surface area (TPSA) is 0 Å². The molecule has 0 heterocycles. The Morgan fingerprint density at radius 1 is 1.29 bits per heavy atom. The average molecular weight is 113 g/mol. The average Bonchev–Trinajstić information content (AvgIpc) is 2.14. The van der Waals surface area contributed by atoms with E-state index in [0.717, 1.165) is 9.52 Å². The molecule has 1 aliphatic rings. The Bertz CT molecular complexity index is 46.1. The van der Waals surface area contributed by atoms with Gasteiger partial charge in [-0.05, 0) is 0 Å². The fourth-order valence-corrected chi connectivity index (χ4v) is 2.43. The van der Waals surface area contributed by atoms with Crippen LogP contribution in [0.5, 0.6) is 0 Å². The number of hydrogen-bond donors (Lipinski definition) is 0. The molecule has 0 N–H and O–H groups in total. The fourth-order valence-electron chi connectivity index (χ4n) is 1.29. The lowest BCUT2D eigenvalue weighted by atomic mass is 10.4. The minimum Gasteiger partial charge on any atom is -0.0739 e. The Labute approximate surface area is 48.1 Å². The summed E-state index contributed by atoms with van der Waals surface area (Å²) in [5.41, 5.74) is 1.18. The Morgan fingerprint density at radius 2 is 1.86 bits per heavy atom. The highest BCUT2D eigenvalue weighted by Gasteiger charge is 2.11. The van der Waals surface area contributed by atoms with Crippen LogP contribution >= 0.6 is 0 Å². The molecule has 1 aliphatic carbocycles. The van der Waals surface area contributed by atoms with Crippen LogP contribution in [-0.4, -0.2) is 9.52 Å². The SMILES string of the molecule is C[SiH]C1CCCC1. The summed E-state index contributed by atoms with van der Waals surface area (Å²) in [4.78, 5) is 0. The second kappa shape index (κ2) is 2.51. The van der Waals surface area contributed by atoms with Crippen molar-refractivity contribution in [1.29, 1.82) is 0 Å². The minimum atomic E-state index is 0.801. The largest absolute Gasteiger partial charge is 0.0739 e. The minimum absolute atomic E-state index is 0.801. The zero-order valence-corrected chi connectivity index (χ0v) is 6.14. The Balaban J connectivity index is 2.14. The van der Waals surface area contributed by atoms with Crippen molar-refractivity contribution in [3.05, 3.63) is 0 Å². The summed E-state index contributed by atoms with van der Waals surface area (Å²) in [5, 5.41) is 0. The van der Waals surface area contributed by atoms with Gasteiger partial charge in [-0.25, -0.2) is 0 Å². The van der Waals surface area contributed by atoms with Gasteiger partial charge in [0.25, 0.3) is 0 Å². The van der Waals surface area contributed by atoms with E-state index in [9.17, 15) is 0 Å². The second-order valence-electron chi connectivity index (χ2n) is 2.38. The Morgan fingerprint density at radius 3 is 2.14 bits per heavy atom. The first kappa shape index (κ1) is 5.36. The first-order chi connectivity index (χ1) is 3.43. The predicted molar refractivity (Wildman–Crippen MR) is 35.2 cm³/mol. The molecule has 1 heteroatoms. The van der Waals surface area contributed by atoms with Gasteiger partial charge < -0.3 is 0 Å². The summed E-state index contributed by atoms with van der Waals surface area (Å²) >= 11 is 0. The van der Waals surface area contributed by atoms with E-state index in [-0.39, 0.29) is 0 Å². The fraction of sp³-hybridized carbons (Fsp3) is 1.00. The van der Waals surface area contributed by atoms with Gasteiger partial charge in [0.1, 0.15) is 0 Å². The highest BCUT2D eigenvalue weighted by Crippen LogP contribution is 2.28. The molecule has 0 spiro atoms. The van der Waals surface area contributed by atoms with Gasteiger partial charge in [0.2, 0.25) is 0 Å². The molecular formula is C6H13Si. The standard InChI is InChI=1S/C6H13Si/c1-7-6-4-2-3-5-6/h6-7H,2-5H2,1H3. The maximum atomic E-state index is 2.38. The third-order valence-corrected chi connectivity index (χ3v) is 3.48. The summed E-state index contributed by atoms with van der Waals surface area (Å²) in [6.45, 7) is 2.38. The van der Waals surface area contributed by atoms with Crippen LogP contribution in [-0.2, 0) is 0 Å². The molecule has 0 aromatic rings. The van der Waals surface area contributed by atoms with Crippen molar-refractivity contribution in [2.45, 2.75) is 37.8 Å². The first-order valence-corrected chi connectivity index (χ1v) is 5.05. The van der Waals surface area contributed by atoms with E-state index in [0.29, 0.717) is 0 Å². The van der Waals surface area contributed by atoms with Crippen LogP contribution in [0.3, 0.4) is 0 Å². The van der Waals surface area contributed by atoms with Crippen LogP contribution in [0.15, 0.2) is 0 Å². The van der Waals surface area contributed by atoms with Gasteiger partial charge in [-0.15, -0.1) is 0 Å². The van der Waals surface area contributed by atoms with Crippen LogP contribution in [0.4, 0.5) is 0 Å². The van der Waals surface area contributed by atoms with E-state index in [1.165, 1.54) is 18.4 Å². The molecule has 1 rings (SSSR count). The van der Waals surface area contributed by atoms with E-state index in [1.54, 1.807) is 12.8 Å². The van der Waals surface area contributed by atoms with Crippen molar-refractivity contribution in [2.24, 2.45) is 0 Å². The molecule has 0 nitrogen and oxygen atoms in total. The van der Waals surface area contributed by atoms with E-state index in [4.69, 9.17) is 0 Å². The second-order valence-corrected chi connectivity index (χ2v) is 3.99. The molecule has 1 radical (unpaired) electrons. The van der Waals surface area contributed by atoms with Gasteiger partial charge in [0.05, 0.1) is 0 Å². The molecule has 0 bridgehead atoms. The molecular weight excluding hydrogens is 100 g/mol. The molecule has 41 valence electrons. The van der Waals surface area contributed by atoms with Crippen molar-refractivity contribution in [3.8, 4) is 0 Å². The van der Waals surface area contributed by atoms with Gasteiger partial charge in [-0.3, -0.25) is 0 Å². The summed E-state index contributed by atoms with van der Waals surface area (Å²) < 4.78 is 0. The number of rotatable bonds is 1. The van der Waals surface area contributed by atoms with Crippen LogP contribution < -0.4 is 0 Å². The van der Waals surface area contributed by atoms with Gasteiger partial charge in [0.15, 0.2) is 0 Å². The maximum Gasteiger partial charge on any atom is 0.0281 e. The van der Waals surface area contributed by atoms with Crippen molar-refractivity contribution < 1.29 is 0 Å². The van der Waals surface area contributed by atoms with E-state index < -0.39 is 0 Å². The monoisotopic (exact) mass is 113 g/mol. The van der Waals surface area contributed by atoms with Gasteiger partial charge in [-0.1, -0.05) is 37.8 Å². The molecule has 0 amide bonds. The molecule has 7 heavy (non-hydrogen) atoms. The van der Waals surface area contributed by atoms with Crippen molar-refractivity contribution in [2.75, 3.05) is 0 Å². The zero-order chi connectivity index (χ0) is 5.11. The predicted octanol–water partition coefficient (Wildman–Crippen LogP) is 1.83. The summed E-state index contributed by atoms with van der Waals surface area (Å²) in [5.74, 6) is 0. The smallest absolute Gasteiger partial charge is 0.0281 e. The lowest BCUT2D eigenvalue weighted by molar-refractivity contribution is 0.869. The summed E-state index contributed by atoms with van der Waals surface area (Å²) in [6.07, 6.45) is 6.13. The molecule has 1 saturated carbocycles. The molecule has 0 saturated heterocycles. The molecule has 0 atom stereocenters. The van der Waals surface area contributed by atoms with E-state index in [2.05, 4.69) is 6.55 Å². The van der Waals surface area contributed by atoms with E-state index in [1.807, 2.05) is 0 Å². The van der Waals surface area contributed by atoms with Crippen LogP contribution in [0.2, 0.25) is 12.1 Å². The van der Waals surface area contributed by atoms with Gasteiger partial charge in [-0.2, -0.15) is 0 Å². The molecule has 0 aliphatic heterocycles. The highest BCUT2D eigenvalue weighted by atomic mass is 28.2. The zero-order valence-electron chi connectivity index (χ0n) is 4.98. The third-order valence-electron chi connectivity index (χ3n) is 1.87. The Hall–Kier alpha value is 0.217. The van der Waals surface area contributed by atoms with Gasteiger partial charge in [0, 0.05) is 9.52 Å². The highest BCUT2D eigenvalue weighted by molar-refractivity contribution is 6.35.